The Hall–Kier alpha value is -2.28. The van der Waals surface area contributed by atoms with Crippen molar-refractivity contribution in [3.8, 4) is 0 Å². The molecule has 0 amide bonds. The number of carbonyl (C=O) groups excluding carboxylic acids is 3. The van der Waals surface area contributed by atoms with Crippen molar-refractivity contribution in [2.45, 2.75) is 340 Å². The lowest BCUT2D eigenvalue weighted by Gasteiger charge is -2.72. The number of carbonyl (C=O) groups is 4. The molecule has 18 atom stereocenters. The van der Waals surface area contributed by atoms with Gasteiger partial charge in [-0.05, 0) is 227 Å². The summed E-state index contributed by atoms with van der Waals surface area (Å²) in [7, 11) is 0. The van der Waals surface area contributed by atoms with Crippen LogP contribution in [0.1, 0.15) is 329 Å². The summed E-state index contributed by atoms with van der Waals surface area (Å²) < 4.78 is 7.67. The molecule has 0 aliphatic heterocycles. The molecule has 0 aromatic carbocycles. The van der Waals surface area contributed by atoms with E-state index in [0.29, 0.717) is 25.0 Å². The van der Waals surface area contributed by atoms with Crippen molar-refractivity contribution in [2.24, 2.45) is 100 Å². The van der Waals surface area contributed by atoms with E-state index in [1.165, 1.54) is 101 Å². The largest absolute Gasteiger partial charge is 0.481 e. The highest BCUT2D eigenvalue weighted by Crippen LogP contribution is 2.78. The maximum Gasteiger partial charge on any atom is 0.312 e. The van der Waals surface area contributed by atoms with Crippen molar-refractivity contribution in [3.05, 3.63) is 23.3 Å². The van der Waals surface area contributed by atoms with Gasteiger partial charge in [-0.15, -0.1) is 0 Å². The standard InChI is InChI=1S/C78H126O7/c1-16-17-18-19-20-21-22-23-24-25-26-27-28-29-30-31-35-78(48-45-73(11)60(67(78,4)5)33-38-77(15)63(73)58(80)49-53-55-51-70(8,64(82)83)41-39-68(55,6)43-46-74(53,77)12)85-65(84)71(9)42-40-69(7)44-47-75(13)54(56(69)52-71)50-57(79)62-72(10)36-34-61(81)66(2,3)59(72)32-37-76(62,75)14/h49-50,55-56,59-63,81H,16-48,51-52H2,1-15H3,(H,82,83)/t55-,56+,59?,60?,61+,62?,63-,68-,69-,70+,71+,72+,73+,74-,75-,76-,77-,78+/m1/s1. The zero-order valence-electron chi connectivity index (χ0n) is 57.4. The fraction of sp³-hybridized carbons (Fsp3) is 0.897. The lowest BCUT2D eigenvalue weighted by atomic mass is 9.32. The van der Waals surface area contributed by atoms with Crippen LogP contribution in [0, 0.1) is 100 Å². The molecular formula is C78H126O7. The number of esters is 1. The van der Waals surface area contributed by atoms with Crippen LogP contribution in [0.25, 0.3) is 0 Å². The lowest BCUT2D eigenvalue weighted by Crippen LogP contribution is -2.69. The molecule has 10 rings (SSSR count). The Balaban J connectivity index is 0.900. The van der Waals surface area contributed by atoms with Crippen LogP contribution in [0.2, 0.25) is 0 Å². The number of carboxylic acid groups (broad SMARTS) is 1. The van der Waals surface area contributed by atoms with Crippen LogP contribution >= 0.6 is 0 Å². The van der Waals surface area contributed by atoms with Gasteiger partial charge in [-0.3, -0.25) is 19.2 Å². The Morgan fingerprint density at radius 3 is 1.36 bits per heavy atom. The molecule has 10 aliphatic rings. The average molecular weight is 1180 g/mol. The summed E-state index contributed by atoms with van der Waals surface area (Å²) in [5, 5.41) is 21.9. The highest BCUT2D eigenvalue weighted by Gasteiger charge is 2.74. The van der Waals surface area contributed by atoms with Crippen LogP contribution in [0.4, 0.5) is 0 Å². The summed E-state index contributed by atoms with van der Waals surface area (Å²) in [6.45, 7) is 35.5. The van der Waals surface area contributed by atoms with Crippen molar-refractivity contribution in [2.75, 3.05) is 0 Å². The number of aliphatic carboxylic acids is 1. The molecule has 10 aliphatic carbocycles. The van der Waals surface area contributed by atoms with E-state index in [1.54, 1.807) is 0 Å². The first-order valence-corrected chi connectivity index (χ1v) is 36.3. The van der Waals surface area contributed by atoms with Gasteiger partial charge >= 0.3 is 11.9 Å². The summed E-state index contributed by atoms with van der Waals surface area (Å²) >= 11 is 0. The van der Waals surface area contributed by atoms with Gasteiger partial charge in [-0.25, -0.2) is 0 Å². The van der Waals surface area contributed by atoms with E-state index in [9.17, 15) is 15.0 Å². The number of carboxylic acids is 1. The number of unbranched alkanes of at least 4 members (excludes halogenated alkanes) is 15. The highest BCUT2D eigenvalue weighted by molar-refractivity contribution is 5.96. The Morgan fingerprint density at radius 2 is 0.894 bits per heavy atom. The number of ketones is 2. The van der Waals surface area contributed by atoms with E-state index < -0.39 is 27.8 Å². The van der Waals surface area contributed by atoms with Gasteiger partial charge in [0.05, 0.1) is 16.9 Å². The Morgan fingerprint density at radius 1 is 0.482 bits per heavy atom. The fourth-order valence-electron chi connectivity index (χ4n) is 24.7. The van der Waals surface area contributed by atoms with E-state index in [1.807, 2.05) is 6.92 Å². The Labute approximate surface area is 519 Å². The van der Waals surface area contributed by atoms with Gasteiger partial charge in [-0.1, -0.05) is 197 Å². The molecule has 0 radical (unpaired) electrons. The molecular weight excluding hydrogens is 1050 g/mol. The monoisotopic (exact) mass is 1170 g/mol. The SMILES string of the molecule is CCCCCCCCCCCCCCCCCC[C@]1(OC(=O)[C@@]2(C)CC[C@]3(C)CC[C@]4(C)C(=CC(=O)C5[C@@]6(C)CC[C@H](O)C(C)(C)C6CC[C@]54C)[C@@H]3C2)CC[C@@]2(C)C(CC[C@]3(C)[C@@H]2C(=O)C=C2[C@H]4C[C@@](C)(C(=O)O)CC[C@]4(C)CC[C@]23C)C1(C)C. The Kier molecular flexibility index (Phi) is 17.6. The molecule has 0 spiro atoms. The summed E-state index contributed by atoms with van der Waals surface area (Å²) in [6.07, 6.45) is 41.9. The predicted octanol–water partition coefficient (Wildman–Crippen LogP) is 20.3. The van der Waals surface area contributed by atoms with Crippen molar-refractivity contribution < 1.29 is 34.1 Å². The van der Waals surface area contributed by atoms with Crippen LogP contribution < -0.4 is 0 Å². The van der Waals surface area contributed by atoms with Crippen LogP contribution in [-0.4, -0.2) is 45.4 Å². The van der Waals surface area contributed by atoms with Crippen molar-refractivity contribution in [3.63, 3.8) is 0 Å². The number of hydrogen-bond donors (Lipinski definition) is 2. The zero-order valence-corrected chi connectivity index (χ0v) is 57.4. The van der Waals surface area contributed by atoms with Gasteiger partial charge < -0.3 is 14.9 Å². The fourth-order valence-corrected chi connectivity index (χ4v) is 24.7. The van der Waals surface area contributed by atoms with Crippen LogP contribution in [0.3, 0.4) is 0 Å². The van der Waals surface area contributed by atoms with Gasteiger partial charge in [0.1, 0.15) is 5.60 Å². The van der Waals surface area contributed by atoms with Gasteiger partial charge in [-0.2, -0.15) is 0 Å². The number of aliphatic hydroxyl groups is 1. The number of rotatable bonds is 20. The molecule has 8 saturated carbocycles. The first kappa shape index (κ1) is 65.7. The molecule has 0 aromatic heterocycles. The first-order chi connectivity index (χ1) is 39.7. The third-order valence-electron chi connectivity index (χ3n) is 31.2. The minimum Gasteiger partial charge on any atom is -0.481 e. The first-order valence-electron chi connectivity index (χ1n) is 36.3. The minimum absolute atomic E-state index is 0.0000855. The van der Waals surface area contributed by atoms with Gasteiger partial charge in [0.25, 0.3) is 0 Å². The minimum atomic E-state index is -0.787. The topological polar surface area (TPSA) is 118 Å². The van der Waals surface area contributed by atoms with E-state index in [2.05, 4.69) is 109 Å². The molecule has 3 unspecified atom stereocenters. The number of ether oxygens (including phenoxy) is 1. The Bertz CT molecular complexity index is 2610. The van der Waals surface area contributed by atoms with E-state index in [4.69, 9.17) is 4.74 Å². The quantitative estimate of drug-likeness (QED) is 0.0921. The van der Waals surface area contributed by atoms with Gasteiger partial charge in [0.2, 0.25) is 0 Å². The lowest BCUT2D eigenvalue weighted by molar-refractivity contribution is -0.249. The molecule has 7 nitrogen and oxygen atoms in total. The second-order valence-corrected chi connectivity index (χ2v) is 36.3. The predicted molar refractivity (Wildman–Crippen MR) is 345 cm³/mol. The molecule has 7 heteroatoms. The van der Waals surface area contributed by atoms with Gasteiger partial charge in [0.15, 0.2) is 11.6 Å². The maximum atomic E-state index is 16.1. The smallest absolute Gasteiger partial charge is 0.312 e. The van der Waals surface area contributed by atoms with E-state index in [-0.39, 0.29) is 102 Å². The zero-order chi connectivity index (χ0) is 61.9. The van der Waals surface area contributed by atoms with Crippen molar-refractivity contribution in [1.29, 1.82) is 0 Å². The molecule has 0 bridgehead atoms. The van der Waals surface area contributed by atoms with Crippen LogP contribution in [0.5, 0.6) is 0 Å². The molecule has 85 heavy (non-hydrogen) atoms. The molecule has 0 aromatic rings. The van der Waals surface area contributed by atoms with Gasteiger partial charge in [0, 0.05) is 17.3 Å². The maximum absolute atomic E-state index is 16.1. The number of aliphatic hydroxyl groups excluding tert-OH is 1. The van der Waals surface area contributed by atoms with Crippen molar-refractivity contribution in [1.82, 2.24) is 0 Å². The number of allylic oxidation sites excluding steroid dienone is 4. The summed E-state index contributed by atoms with van der Waals surface area (Å²) in [6, 6.07) is 0. The second-order valence-electron chi connectivity index (χ2n) is 36.3. The summed E-state index contributed by atoms with van der Waals surface area (Å²) in [4.78, 5) is 59.9. The molecule has 8 fully saturated rings. The third-order valence-corrected chi connectivity index (χ3v) is 31.2. The van der Waals surface area contributed by atoms with Crippen molar-refractivity contribution >= 4 is 23.5 Å². The number of hydrogen-bond acceptors (Lipinski definition) is 6. The molecule has 2 N–H and O–H groups in total. The normalized spacial score (nSPS) is 46.8. The second kappa shape index (κ2) is 22.8. The van der Waals surface area contributed by atoms with Crippen LogP contribution in [-0.2, 0) is 23.9 Å². The average Bonchev–Trinajstić information content (AvgIpc) is 0.712. The summed E-state index contributed by atoms with van der Waals surface area (Å²) in [5.74, 6) is 0.256. The third kappa shape index (κ3) is 10.2. The summed E-state index contributed by atoms with van der Waals surface area (Å²) in [5.41, 5.74) is -1.55. The van der Waals surface area contributed by atoms with E-state index in [0.717, 1.165) is 116 Å². The highest BCUT2D eigenvalue weighted by atomic mass is 16.6. The molecule has 0 heterocycles. The molecule has 480 valence electrons. The van der Waals surface area contributed by atoms with Crippen LogP contribution in [0.15, 0.2) is 23.3 Å². The van der Waals surface area contributed by atoms with E-state index >= 15 is 14.4 Å². The molecule has 0 saturated heterocycles. The number of fused-ring (bicyclic) bond motifs is 14.